The topological polar surface area (TPSA) is 58.6 Å². The minimum atomic E-state index is -0.786. The standard InChI is InChI=1S/C30H34ClFN2O3/c1-5-22(4)33-30(36)27(17-23-9-7-6-8-10-23)34(18-24-11-13-25(32)14-12-24)28(35)19-37-26-15-20(2)29(31)21(3)16-26/h6-16,22,27H,5,17-19H2,1-4H3,(H,33,36)/t22-,27-/m0/s1. The van der Waals surface area contributed by atoms with Gasteiger partial charge in [0.2, 0.25) is 5.91 Å². The fourth-order valence-corrected chi connectivity index (χ4v) is 4.11. The number of carbonyl (C=O) groups excluding carboxylic acids is 2. The van der Waals surface area contributed by atoms with Crippen LogP contribution in [0.5, 0.6) is 5.75 Å². The van der Waals surface area contributed by atoms with Crippen molar-refractivity contribution in [2.24, 2.45) is 0 Å². The van der Waals surface area contributed by atoms with Crippen LogP contribution in [0, 0.1) is 19.7 Å². The highest BCUT2D eigenvalue weighted by atomic mass is 35.5. The Kier molecular flexibility index (Phi) is 10.1. The summed E-state index contributed by atoms with van der Waals surface area (Å²) < 4.78 is 19.4. The van der Waals surface area contributed by atoms with Crippen molar-refractivity contribution in [2.75, 3.05) is 6.61 Å². The van der Waals surface area contributed by atoms with Crippen molar-refractivity contribution in [1.82, 2.24) is 10.2 Å². The molecule has 0 heterocycles. The van der Waals surface area contributed by atoms with Gasteiger partial charge in [0.15, 0.2) is 6.61 Å². The predicted octanol–water partition coefficient (Wildman–Crippen LogP) is 6.03. The minimum absolute atomic E-state index is 0.0511. The van der Waals surface area contributed by atoms with Crippen LogP contribution in [0.15, 0.2) is 66.7 Å². The van der Waals surface area contributed by atoms with E-state index in [0.29, 0.717) is 22.8 Å². The van der Waals surface area contributed by atoms with E-state index >= 15 is 0 Å². The molecule has 0 saturated heterocycles. The average Bonchev–Trinajstić information content (AvgIpc) is 2.89. The summed E-state index contributed by atoms with van der Waals surface area (Å²) >= 11 is 6.27. The van der Waals surface area contributed by atoms with Crippen LogP contribution >= 0.6 is 11.6 Å². The smallest absolute Gasteiger partial charge is 0.261 e. The normalized spacial score (nSPS) is 12.5. The summed E-state index contributed by atoms with van der Waals surface area (Å²) in [7, 11) is 0. The van der Waals surface area contributed by atoms with Gasteiger partial charge >= 0.3 is 0 Å². The van der Waals surface area contributed by atoms with Gasteiger partial charge in [0, 0.05) is 24.0 Å². The van der Waals surface area contributed by atoms with Gasteiger partial charge in [0.25, 0.3) is 5.91 Å². The molecule has 0 saturated carbocycles. The first-order chi connectivity index (χ1) is 17.7. The molecule has 3 aromatic carbocycles. The van der Waals surface area contributed by atoms with Crippen LogP contribution < -0.4 is 10.1 Å². The quantitative estimate of drug-likeness (QED) is 0.333. The summed E-state index contributed by atoms with van der Waals surface area (Å²) in [6.45, 7) is 7.54. The molecule has 196 valence electrons. The van der Waals surface area contributed by atoms with Crippen LogP contribution in [0.3, 0.4) is 0 Å². The van der Waals surface area contributed by atoms with Gasteiger partial charge in [-0.1, -0.05) is 61.0 Å². The van der Waals surface area contributed by atoms with E-state index in [0.717, 1.165) is 23.1 Å². The lowest BCUT2D eigenvalue weighted by atomic mass is 10.0. The largest absolute Gasteiger partial charge is 0.484 e. The molecule has 37 heavy (non-hydrogen) atoms. The Morgan fingerprint density at radius 2 is 1.62 bits per heavy atom. The number of ether oxygens (including phenoxy) is 1. The lowest BCUT2D eigenvalue weighted by Gasteiger charge is -2.32. The van der Waals surface area contributed by atoms with Gasteiger partial charge in [0.05, 0.1) is 0 Å². The third kappa shape index (κ3) is 8.05. The summed E-state index contributed by atoms with van der Waals surface area (Å²) in [6.07, 6.45) is 1.09. The fourth-order valence-electron chi connectivity index (χ4n) is 4.00. The zero-order valence-electron chi connectivity index (χ0n) is 21.8. The third-order valence-electron chi connectivity index (χ3n) is 6.31. The molecular formula is C30H34ClFN2O3. The highest BCUT2D eigenvalue weighted by Gasteiger charge is 2.31. The molecule has 0 aliphatic heterocycles. The molecule has 5 nitrogen and oxygen atoms in total. The summed E-state index contributed by atoms with van der Waals surface area (Å²) in [6, 6.07) is 18.2. The van der Waals surface area contributed by atoms with Crippen molar-refractivity contribution >= 4 is 23.4 Å². The summed E-state index contributed by atoms with van der Waals surface area (Å²) in [5.41, 5.74) is 3.33. The zero-order chi connectivity index (χ0) is 26.9. The van der Waals surface area contributed by atoms with Crippen molar-refractivity contribution in [3.63, 3.8) is 0 Å². The van der Waals surface area contributed by atoms with Crippen molar-refractivity contribution in [1.29, 1.82) is 0 Å². The van der Waals surface area contributed by atoms with Crippen LogP contribution in [0.1, 0.15) is 42.5 Å². The molecule has 0 fully saturated rings. The van der Waals surface area contributed by atoms with E-state index in [9.17, 15) is 14.0 Å². The van der Waals surface area contributed by atoms with Crippen molar-refractivity contribution < 1.29 is 18.7 Å². The van der Waals surface area contributed by atoms with Gasteiger partial charge in [-0.15, -0.1) is 0 Å². The molecule has 0 unspecified atom stereocenters. The number of aryl methyl sites for hydroxylation is 2. The second-order valence-electron chi connectivity index (χ2n) is 9.33. The third-order valence-corrected chi connectivity index (χ3v) is 6.91. The predicted molar refractivity (Wildman–Crippen MR) is 145 cm³/mol. The molecular weight excluding hydrogens is 491 g/mol. The SMILES string of the molecule is CC[C@H](C)NC(=O)[C@H](Cc1ccccc1)N(Cc1ccc(F)cc1)C(=O)COc1cc(C)c(Cl)c(C)c1. The number of nitrogens with one attached hydrogen (secondary N) is 1. The van der Waals surface area contributed by atoms with Crippen molar-refractivity contribution in [3.05, 3.63) is 99.8 Å². The summed E-state index contributed by atoms with van der Waals surface area (Å²) in [5.74, 6) is -0.436. The number of carbonyl (C=O) groups is 2. The second-order valence-corrected chi connectivity index (χ2v) is 9.71. The number of amides is 2. The van der Waals surface area contributed by atoms with Gasteiger partial charge in [-0.05, 0) is 73.7 Å². The fraction of sp³-hybridized carbons (Fsp3) is 0.333. The maximum absolute atomic E-state index is 13.6. The molecule has 0 aliphatic rings. The maximum Gasteiger partial charge on any atom is 0.261 e. The lowest BCUT2D eigenvalue weighted by molar-refractivity contribution is -0.143. The van der Waals surface area contributed by atoms with E-state index in [2.05, 4.69) is 5.32 Å². The van der Waals surface area contributed by atoms with Crippen LogP contribution in [0.2, 0.25) is 5.02 Å². The molecule has 0 spiro atoms. The molecule has 3 aromatic rings. The van der Waals surface area contributed by atoms with E-state index in [1.165, 1.54) is 17.0 Å². The minimum Gasteiger partial charge on any atom is -0.484 e. The molecule has 7 heteroatoms. The average molecular weight is 525 g/mol. The van der Waals surface area contributed by atoms with E-state index < -0.39 is 6.04 Å². The first-order valence-corrected chi connectivity index (χ1v) is 12.8. The Labute approximate surface area is 223 Å². The molecule has 3 rings (SSSR count). The van der Waals surface area contributed by atoms with Gasteiger partial charge in [-0.2, -0.15) is 0 Å². The van der Waals surface area contributed by atoms with E-state index in [4.69, 9.17) is 16.3 Å². The number of rotatable bonds is 11. The van der Waals surface area contributed by atoms with E-state index in [-0.39, 0.29) is 36.8 Å². The number of benzene rings is 3. The second kappa shape index (κ2) is 13.2. The number of nitrogens with zero attached hydrogens (tertiary/aromatic N) is 1. The number of hydrogen-bond acceptors (Lipinski definition) is 3. The molecule has 2 amide bonds. The van der Waals surface area contributed by atoms with Crippen LogP contribution in [-0.2, 0) is 22.6 Å². The zero-order valence-corrected chi connectivity index (χ0v) is 22.5. The maximum atomic E-state index is 13.6. The Hall–Kier alpha value is -3.38. The number of halogens is 2. The Balaban J connectivity index is 1.92. The first-order valence-electron chi connectivity index (χ1n) is 12.5. The first kappa shape index (κ1) is 28.2. The summed E-state index contributed by atoms with van der Waals surface area (Å²) in [5, 5.41) is 3.68. The molecule has 0 radical (unpaired) electrons. The molecule has 1 N–H and O–H groups in total. The Morgan fingerprint density at radius 1 is 1.00 bits per heavy atom. The van der Waals surface area contributed by atoms with Crippen molar-refractivity contribution in [3.8, 4) is 5.75 Å². The molecule has 0 aliphatic carbocycles. The van der Waals surface area contributed by atoms with E-state index in [1.807, 2.05) is 58.0 Å². The number of hydrogen-bond donors (Lipinski definition) is 1. The van der Waals surface area contributed by atoms with Crippen LogP contribution in [0.25, 0.3) is 0 Å². The van der Waals surface area contributed by atoms with Gasteiger partial charge in [-0.25, -0.2) is 4.39 Å². The summed E-state index contributed by atoms with van der Waals surface area (Å²) in [4.78, 5) is 28.6. The monoisotopic (exact) mass is 524 g/mol. The van der Waals surface area contributed by atoms with E-state index in [1.54, 1.807) is 24.3 Å². The molecule has 0 aromatic heterocycles. The van der Waals surface area contributed by atoms with Crippen molar-refractivity contribution in [2.45, 2.75) is 59.2 Å². The van der Waals surface area contributed by atoms with Gasteiger partial charge in [-0.3, -0.25) is 9.59 Å². The van der Waals surface area contributed by atoms with Crippen LogP contribution in [0.4, 0.5) is 4.39 Å². The van der Waals surface area contributed by atoms with Gasteiger partial charge in [0.1, 0.15) is 17.6 Å². The molecule has 0 bridgehead atoms. The molecule has 2 atom stereocenters. The Bertz CT molecular complexity index is 1180. The highest BCUT2D eigenvalue weighted by Crippen LogP contribution is 2.26. The Morgan fingerprint density at radius 3 is 2.22 bits per heavy atom. The lowest BCUT2D eigenvalue weighted by Crippen LogP contribution is -2.53. The highest BCUT2D eigenvalue weighted by molar-refractivity contribution is 6.32. The van der Waals surface area contributed by atoms with Gasteiger partial charge < -0.3 is 15.0 Å². The van der Waals surface area contributed by atoms with Crippen LogP contribution in [-0.4, -0.2) is 35.4 Å².